The van der Waals surface area contributed by atoms with Gasteiger partial charge in [0, 0.05) is 8.59 Å². The Morgan fingerprint density at radius 1 is 1.05 bits per heavy atom. The number of benzene rings is 2. The molecule has 0 aromatic heterocycles. The highest BCUT2D eigenvalue weighted by molar-refractivity contribution is 14.1. The van der Waals surface area contributed by atoms with Crippen LogP contribution in [0.15, 0.2) is 36.4 Å². The number of ether oxygens (including phenoxy) is 1. The van der Waals surface area contributed by atoms with E-state index in [1.54, 1.807) is 0 Å². The molecule has 0 bridgehead atoms. The minimum absolute atomic E-state index is 0.696. The predicted molar refractivity (Wildman–Crippen MR) is 94.0 cm³/mol. The molecule has 0 N–H and O–H groups in total. The van der Waals surface area contributed by atoms with E-state index in [4.69, 9.17) is 16.3 Å². The van der Waals surface area contributed by atoms with E-state index in [0.29, 0.717) is 6.61 Å². The first-order valence-corrected chi connectivity index (χ1v) is 8.28. The van der Waals surface area contributed by atoms with Gasteiger partial charge in [-0.05, 0) is 83.3 Å². The summed E-state index contributed by atoms with van der Waals surface area (Å²) < 4.78 is 6.74. The number of hydrogen-bond donors (Lipinski definition) is 0. The van der Waals surface area contributed by atoms with Crippen LogP contribution in [0.3, 0.4) is 0 Å². The molecule has 106 valence electrons. The van der Waals surface area contributed by atoms with Gasteiger partial charge in [-0.1, -0.05) is 30.7 Å². The fourth-order valence-corrected chi connectivity index (χ4v) is 3.29. The molecule has 2 rings (SSSR count). The van der Waals surface area contributed by atoms with Gasteiger partial charge in [0.1, 0.15) is 5.75 Å². The Hall–Kier alpha value is -0.740. The summed E-state index contributed by atoms with van der Waals surface area (Å²) in [6.45, 7) is 4.84. The smallest absolute Gasteiger partial charge is 0.119 e. The molecular formula is C17H18ClIO. The van der Waals surface area contributed by atoms with Crippen molar-refractivity contribution in [2.75, 3.05) is 6.61 Å². The third-order valence-electron chi connectivity index (χ3n) is 3.23. The van der Waals surface area contributed by atoms with Crippen molar-refractivity contribution in [3.05, 3.63) is 61.7 Å². The van der Waals surface area contributed by atoms with E-state index >= 15 is 0 Å². The fraction of sp³-hybridized carbons (Fsp3) is 0.294. The molecule has 0 saturated carbocycles. The highest BCUT2D eigenvalue weighted by atomic mass is 127. The number of rotatable bonds is 5. The first-order chi connectivity index (χ1) is 9.63. The van der Waals surface area contributed by atoms with E-state index in [-0.39, 0.29) is 0 Å². The van der Waals surface area contributed by atoms with E-state index in [9.17, 15) is 0 Å². The quantitative estimate of drug-likeness (QED) is 0.603. The number of aryl methyl sites for hydroxylation is 1. The molecule has 0 aliphatic heterocycles. The van der Waals surface area contributed by atoms with Gasteiger partial charge >= 0.3 is 0 Å². The fourth-order valence-electron chi connectivity index (χ4n) is 2.13. The second kappa shape index (κ2) is 7.32. The van der Waals surface area contributed by atoms with Crippen LogP contribution in [0.4, 0.5) is 0 Å². The summed E-state index contributed by atoms with van der Waals surface area (Å²) in [6, 6.07) is 12.5. The molecule has 0 radical (unpaired) electrons. The molecule has 0 aliphatic carbocycles. The van der Waals surface area contributed by atoms with Gasteiger partial charge in [0.15, 0.2) is 0 Å². The summed E-state index contributed by atoms with van der Waals surface area (Å²) in [5.41, 5.74) is 3.74. The van der Waals surface area contributed by atoms with Gasteiger partial charge in [-0.3, -0.25) is 0 Å². The standard InChI is InChI=1S/C17H18ClIO/c1-3-13-10-16(18)14(11-17(13)19)9-12-5-7-15(8-6-12)20-4-2/h5-8,10-11H,3-4,9H2,1-2H3. The molecule has 2 aromatic rings. The zero-order valence-corrected chi connectivity index (χ0v) is 14.7. The van der Waals surface area contributed by atoms with Crippen molar-refractivity contribution in [2.45, 2.75) is 26.7 Å². The van der Waals surface area contributed by atoms with E-state index in [1.807, 2.05) is 19.1 Å². The lowest BCUT2D eigenvalue weighted by molar-refractivity contribution is 0.340. The first kappa shape index (κ1) is 15.6. The summed E-state index contributed by atoms with van der Waals surface area (Å²) in [5.74, 6) is 0.915. The normalized spacial score (nSPS) is 10.6. The van der Waals surface area contributed by atoms with Crippen LogP contribution in [-0.2, 0) is 12.8 Å². The highest BCUT2D eigenvalue weighted by Gasteiger charge is 2.07. The highest BCUT2D eigenvalue weighted by Crippen LogP contribution is 2.26. The average molecular weight is 401 g/mol. The van der Waals surface area contributed by atoms with Gasteiger partial charge in [-0.25, -0.2) is 0 Å². The molecule has 0 heterocycles. The van der Waals surface area contributed by atoms with Crippen LogP contribution in [0.25, 0.3) is 0 Å². The van der Waals surface area contributed by atoms with Crippen molar-refractivity contribution in [3.63, 3.8) is 0 Å². The van der Waals surface area contributed by atoms with Crippen LogP contribution < -0.4 is 4.74 Å². The minimum atomic E-state index is 0.696. The largest absolute Gasteiger partial charge is 0.494 e. The van der Waals surface area contributed by atoms with Crippen LogP contribution in [0, 0.1) is 3.57 Å². The molecule has 0 fully saturated rings. The minimum Gasteiger partial charge on any atom is -0.494 e. The molecule has 2 aromatic carbocycles. The summed E-state index contributed by atoms with van der Waals surface area (Å²) in [7, 11) is 0. The Morgan fingerprint density at radius 3 is 2.35 bits per heavy atom. The molecule has 0 atom stereocenters. The lowest BCUT2D eigenvalue weighted by Gasteiger charge is -2.10. The molecule has 0 aliphatic rings. The van der Waals surface area contributed by atoms with Crippen molar-refractivity contribution in [2.24, 2.45) is 0 Å². The molecule has 0 amide bonds. The summed E-state index contributed by atoms with van der Waals surface area (Å²) in [6.07, 6.45) is 1.87. The average Bonchev–Trinajstić information content (AvgIpc) is 2.45. The van der Waals surface area contributed by atoms with Gasteiger partial charge in [-0.15, -0.1) is 0 Å². The topological polar surface area (TPSA) is 9.23 Å². The van der Waals surface area contributed by atoms with Gasteiger partial charge in [0.25, 0.3) is 0 Å². The Kier molecular flexibility index (Phi) is 5.73. The van der Waals surface area contributed by atoms with Gasteiger partial charge in [-0.2, -0.15) is 0 Å². The third-order valence-corrected chi connectivity index (χ3v) is 4.58. The van der Waals surface area contributed by atoms with Gasteiger partial charge in [0.05, 0.1) is 6.61 Å². The zero-order chi connectivity index (χ0) is 14.5. The Labute approximate surface area is 139 Å². The molecular weight excluding hydrogens is 383 g/mol. The molecule has 0 saturated heterocycles. The lowest BCUT2D eigenvalue weighted by Crippen LogP contribution is -1.95. The molecule has 0 unspecified atom stereocenters. The summed E-state index contributed by atoms with van der Waals surface area (Å²) in [4.78, 5) is 0. The van der Waals surface area contributed by atoms with Crippen molar-refractivity contribution in [1.29, 1.82) is 0 Å². The summed E-state index contributed by atoms with van der Waals surface area (Å²) >= 11 is 8.77. The lowest BCUT2D eigenvalue weighted by atomic mass is 10.0. The first-order valence-electron chi connectivity index (χ1n) is 6.82. The third kappa shape index (κ3) is 3.89. The van der Waals surface area contributed by atoms with E-state index in [1.165, 1.54) is 20.3 Å². The van der Waals surface area contributed by atoms with Crippen molar-refractivity contribution >= 4 is 34.2 Å². The zero-order valence-electron chi connectivity index (χ0n) is 11.7. The van der Waals surface area contributed by atoms with Crippen molar-refractivity contribution in [1.82, 2.24) is 0 Å². The SMILES string of the molecule is CCOc1ccc(Cc2cc(I)c(CC)cc2Cl)cc1. The van der Waals surface area contributed by atoms with Crippen molar-refractivity contribution in [3.8, 4) is 5.75 Å². The maximum absolute atomic E-state index is 6.38. The Bertz CT molecular complexity index is 578. The maximum Gasteiger partial charge on any atom is 0.119 e. The van der Waals surface area contributed by atoms with Gasteiger partial charge in [0.2, 0.25) is 0 Å². The van der Waals surface area contributed by atoms with E-state index in [0.717, 1.165) is 23.6 Å². The van der Waals surface area contributed by atoms with E-state index < -0.39 is 0 Å². The monoisotopic (exact) mass is 400 g/mol. The Balaban J connectivity index is 2.19. The Morgan fingerprint density at radius 2 is 1.75 bits per heavy atom. The van der Waals surface area contributed by atoms with Crippen LogP contribution in [0.1, 0.15) is 30.5 Å². The van der Waals surface area contributed by atoms with Crippen LogP contribution in [-0.4, -0.2) is 6.61 Å². The number of hydrogen-bond acceptors (Lipinski definition) is 1. The van der Waals surface area contributed by atoms with Crippen LogP contribution >= 0.6 is 34.2 Å². The second-order valence-electron chi connectivity index (χ2n) is 4.64. The van der Waals surface area contributed by atoms with E-state index in [2.05, 4.69) is 53.8 Å². The van der Waals surface area contributed by atoms with Crippen LogP contribution in [0.5, 0.6) is 5.75 Å². The maximum atomic E-state index is 6.38. The van der Waals surface area contributed by atoms with Crippen molar-refractivity contribution < 1.29 is 4.74 Å². The van der Waals surface area contributed by atoms with Crippen LogP contribution in [0.2, 0.25) is 5.02 Å². The molecule has 0 spiro atoms. The molecule has 3 heteroatoms. The summed E-state index contributed by atoms with van der Waals surface area (Å²) in [5, 5.41) is 0.858. The molecule has 1 nitrogen and oxygen atoms in total. The molecule has 20 heavy (non-hydrogen) atoms. The van der Waals surface area contributed by atoms with Gasteiger partial charge < -0.3 is 4.74 Å². The second-order valence-corrected chi connectivity index (χ2v) is 6.21. The number of halogens is 2. The predicted octanol–water partition coefficient (Wildman–Crippen LogP) is 5.50.